The van der Waals surface area contributed by atoms with Gasteiger partial charge in [-0.05, 0) is 20.3 Å². The topological polar surface area (TPSA) is 139 Å². The highest BCUT2D eigenvalue weighted by atomic mass is 31.2. The molecule has 0 saturated carbocycles. The van der Waals surface area contributed by atoms with Crippen LogP contribution in [0.1, 0.15) is 33.1 Å². The summed E-state index contributed by atoms with van der Waals surface area (Å²) in [5.41, 5.74) is 0. The zero-order valence-corrected chi connectivity index (χ0v) is 20.6. The zero-order valence-electron chi connectivity index (χ0n) is 18.8. The second-order valence-corrected chi connectivity index (χ2v) is 12.8. The summed E-state index contributed by atoms with van der Waals surface area (Å²) >= 11 is 0. The van der Waals surface area contributed by atoms with Crippen molar-refractivity contribution in [2.45, 2.75) is 88.1 Å². The molecule has 0 aromatic heterocycles. The molecule has 14 heteroatoms. The molecule has 5 unspecified atom stereocenters. The average Bonchev–Trinajstić information content (AvgIpc) is 3.27. The lowest BCUT2D eigenvalue weighted by atomic mass is 9.96. The van der Waals surface area contributed by atoms with Crippen molar-refractivity contribution in [3.8, 4) is 0 Å². The second-order valence-electron chi connectivity index (χ2n) is 8.73. The normalized spacial score (nSPS) is 43.9. The van der Waals surface area contributed by atoms with Crippen molar-refractivity contribution >= 4 is 23.0 Å². The van der Waals surface area contributed by atoms with Crippen LogP contribution in [0.3, 0.4) is 0 Å². The molecule has 184 valence electrons. The van der Waals surface area contributed by atoms with E-state index in [2.05, 4.69) is 0 Å². The highest BCUT2D eigenvalue weighted by molar-refractivity contribution is 7.53. The van der Waals surface area contributed by atoms with Crippen molar-refractivity contribution in [3.63, 3.8) is 0 Å². The van der Waals surface area contributed by atoms with E-state index >= 15 is 0 Å². The molecule has 3 fully saturated rings. The van der Waals surface area contributed by atoms with Crippen molar-refractivity contribution in [2.75, 3.05) is 26.5 Å². The molecule has 2 radical (unpaired) electrons. The maximum atomic E-state index is 12.8. The standard InChI is InChI=1S/C18H33BO11P2/c1-10-5-13(29-31(3,22)24-8-15-12(20)7-17(19)28-15)16(26-10)9-25-32(4,23)30-14-6-11(2)27-18(14)21/h10-18,20-21H,5-9H2,1-4H3/t10-,11-,12?,13?,14?,15+,16+,17+,18-,31?,32?/m0/s1. The van der Waals surface area contributed by atoms with Crippen LogP contribution >= 0.6 is 15.2 Å². The molecule has 3 heterocycles. The molecular formula is C18H33BO11P2. The second kappa shape index (κ2) is 10.8. The third kappa shape index (κ3) is 7.58. The first-order valence-corrected chi connectivity index (χ1v) is 14.7. The Kier molecular flexibility index (Phi) is 9.06. The predicted octanol–water partition coefficient (Wildman–Crippen LogP) is 1.38. The lowest BCUT2D eigenvalue weighted by Gasteiger charge is -2.26. The fourth-order valence-corrected chi connectivity index (χ4v) is 6.33. The number of rotatable bonds is 10. The largest absolute Gasteiger partial charge is 0.390 e. The highest BCUT2D eigenvalue weighted by Gasteiger charge is 2.42. The van der Waals surface area contributed by atoms with Gasteiger partial charge in [-0.1, -0.05) is 0 Å². The SMILES string of the molecule is [B][C@H]1CC(O)[C@@H](COP(C)(=O)OC2C[C@H](C)O[C@@H]2COP(C)(=O)OC2C[C@H](C)O[C@@H]2O)O1. The van der Waals surface area contributed by atoms with Crippen LogP contribution in [0.2, 0.25) is 0 Å². The van der Waals surface area contributed by atoms with Crippen LogP contribution in [-0.4, -0.2) is 99.6 Å². The third-order valence-electron chi connectivity index (χ3n) is 5.49. The lowest BCUT2D eigenvalue weighted by Crippen LogP contribution is -2.30. The molecule has 3 saturated heterocycles. The van der Waals surface area contributed by atoms with Crippen molar-refractivity contribution in [3.05, 3.63) is 0 Å². The molecule has 0 aromatic carbocycles. The quantitative estimate of drug-likeness (QED) is 0.334. The molecule has 0 amide bonds. The van der Waals surface area contributed by atoms with Gasteiger partial charge in [0.05, 0.1) is 37.6 Å². The van der Waals surface area contributed by atoms with Crippen LogP contribution in [0.25, 0.3) is 0 Å². The Balaban J connectivity index is 1.49. The minimum atomic E-state index is -3.53. The minimum absolute atomic E-state index is 0.124. The molecule has 3 rings (SSSR count). The van der Waals surface area contributed by atoms with E-state index in [1.807, 2.05) is 6.92 Å². The predicted molar refractivity (Wildman–Crippen MR) is 114 cm³/mol. The lowest BCUT2D eigenvalue weighted by molar-refractivity contribution is -0.120. The molecule has 11 atom stereocenters. The molecule has 2 N–H and O–H groups in total. The molecule has 3 aliphatic heterocycles. The molecule has 11 nitrogen and oxygen atoms in total. The van der Waals surface area contributed by atoms with E-state index < -0.39 is 58.0 Å². The molecule has 0 aliphatic carbocycles. The summed E-state index contributed by atoms with van der Waals surface area (Å²) in [7, 11) is -1.42. The van der Waals surface area contributed by atoms with E-state index in [9.17, 15) is 19.3 Å². The Hall–Kier alpha value is 0.165. The first kappa shape index (κ1) is 26.8. The fourth-order valence-electron chi connectivity index (χ4n) is 3.98. The van der Waals surface area contributed by atoms with Crippen molar-refractivity contribution in [1.29, 1.82) is 0 Å². The zero-order chi connectivity index (χ0) is 23.7. The Morgan fingerprint density at radius 3 is 1.91 bits per heavy atom. The summed E-state index contributed by atoms with van der Waals surface area (Å²) < 4.78 is 63.9. The molecule has 0 aromatic rings. The van der Waals surface area contributed by atoms with Gasteiger partial charge in [-0.2, -0.15) is 0 Å². The van der Waals surface area contributed by atoms with Crippen molar-refractivity contribution < 1.29 is 51.6 Å². The summed E-state index contributed by atoms with van der Waals surface area (Å²) in [5.74, 6) is 0. The van der Waals surface area contributed by atoms with E-state index in [0.29, 0.717) is 12.8 Å². The first-order chi connectivity index (χ1) is 14.8. The Morgan fingerprint density at radius 1 is 0.844 bits per heavy atom. The fraction of sp³-hybridized carbons (Fsp3) is 1.00. The molecular weight excluding hydrogens is 465 g/mol. The van der Waals surface area contributed by atoms with Gasteiger partial charge in [0.15, 0.2) is 6.29 Å². The van der Waals surface area contributed by atoms with Crippen molar-refractivity contribution in [2.24, 2.45) is 0 Å². The van der Waals surface area contributed by atoms with Gasteiger partial charge >= 0.3 is 15.2 Å². The van der Waals surface area contributed by atoms with Crippen LogP contribution in [0, 0.1) is 0 Å². The number of aliphatic hydroxyl groups is 2. The molecule has 3 aliphatic rings. The number of ether oxygens (including phenoxy) is 3. The van der Waals surface area contributed by atoms with Crippen molar-refractivity contribution in [1.82, 2.24) is 0 Å². The van der Waals surface area contributed by atoms with Gasteiger partial charge in [0.2, 0.25) is 0 Å². The summed E-state index contributed by atoms with van der Waals surface area (Å²) in [6.07, 6.45) is -3.97. The van der Waals surface area contributed by atoms with E-state index in [4.69, 9.17) is 40.2 Å². The maximum absolute atomic E-state index is 12.8. The first-order valence-electron chi connectivity index (χ1n) is 10.7. The smallest absolute Gasteiger partial charge is 0.328 e. The summed E-state index contributed by atoms with van der Waals surface area (Å²) in [6, 6.07) is -0.589. The summed E-state index contributed by atoms with van der Waals surface area (Å²) in [6.45, 7) is 5.99. The number of aliphatic hydroxyl groups excluding tert-OH is 2. The Morgan fingerprint density at radius 2 is 1.38 bits per heavy atom. The highest BCUT2D eigenvalue weighted by Crippen LogP contribution is 2.50. The summed E-state index contributed by atoms with van der Waals surface area (Å²) in [5, 5.41) is 19.7. The van der Waals surface area contributed by atoms with Gasteiger partial charge < -0.3 is 38.0 Å². The monoisotopic (exact) mass is 498 g/mol. The van der Waals surface area contributed by atoms with Crippen LogP contribution in [0.5, 0.6) is 0 Å². The van der Waals surface area contributed by atoms with Crippen LogP contribution in [-0.2, 0) is 41.4 Å². The number of hydrogen-bond donors (Lipinski definition) is 2. The van der Waals surface area contributed by atoms with E-state index in [0.717, 1.165) is 0 Å². The van der Waals surface area contributed by atoms with E-state index in [1.54, 1.807) is 6.92 Å². The van der Waals surface area contributed by atoms with Crippen LogP contribution < -0.4 is 0 Å². The van der Waals surface area contributed by atoms with Crippen LogP contribution in [0.4, 0.5) is 0 Å². The minimum Gasteiger partial charge on any atom is -0.390 e. The van der Waals surface area contributed by atoms with Gasteiger partial charge in [0.1, 0.15) is 26.2 Å². The van der Waals surface area contributed by atoms with Gasteiger partial charge in [-0.25, -0.2) is 0 Å². The summed E-state index contributed by atoms with van der Waals surface area (Å²) in [4.78, 5) is 0. The molecule has 0 spiro atoms. The third-order valence-corrected chi connectivity index (χ3v) is 8.04. The van der Waals surface area contributed by atoms with Gasteiger partial charge in [0.25, 0.3) is 0 Å². The Labute approximate surface area is 189 Å². The van der Waals surface area contributed by atoms with E-state index in [-0.39, 0.29) is 31.8 Å². The Bertz CT molecular complexity index is 727. The number of hydrogen-bond acceptors (Lipinski definition) is 11. The van der Waals surface area contributed by atoms with Gasteiger partial charge in [-0.15, -0.1) is 0 Å². The molecule has 32 heavy (non-hydrogen) atoms. The van der Waals surface area contributed by atoms with Gasteiger partial charge in [0, 0.05) is 32.2 Å². The van der Waals surface area contributed by atoms with Crippen LogP contribution in [0.15, 0.2) is 0 Å². The van der Waals surface area contributed by atoms with Gasteiger partial charge in [-0.3, -0.25) is 13.7 Å². The maximum Gasteiger partial charge on any atom is 0.328 e. The molecule has 0 bridgehead atoms. The van der Waals surface area contributed by atoms with E-state index in [1.165, 1.54) is 13.3 Å². The average molecular weight is 498 g/mol.